The molecule has 1 aromatic heterocycles. The molecular weight excluding hydrogens is 281 g/mol. The van der Waals surface area contributed by atoms with Gasteiger partial charge < -0.3 is 5.32 Å². The van der Waals surface area contributed by atoms with Crippen LogP contribution in [0.5, 0.6) is 0 Å². The molecule has 1 heterocycles. The van der Waals surface area contributed by atoms with E-state index in [2.05, 4.69) is 38.2 Å². The summed E-state index contributed by atoms with van der Waals surface area (Å²) in [5.41, 5.74) is 0.992. The third-order valence-corrected chi connectivity index (χ3v) is 4.60. The van der Waals surface area contributed by atoms with Gasteiger partial charge in [0.2, 0.25) is 0 Å². The average molecular weight is 298 g/mol. The highest BCUT2D eigenvalue weighted by Gasteiger charge is 2.13. The Kier molecular flexibility index (Phi) is 4.61. The predicted octanol–water partition coefficient (Wildman–Crippen LogP) is 5.26. The minimum atomic E-state index is -0.375. The largest absolute Gasteiger partial charge is 0.303 e. The third-order valence-electron chi connectivity index (χ3n) is 3.13. The van der Waals surface area contributed by atoms with Gasteiger partial charge in [-0.05, 0) is 50.6 Å². The first-order valence-electron chi connectivity index (χ1n) is 6.24. The maximum absolute atomic E-state index is 13.1. The van der Waals surface area contributed by atoms with Crippen LogP contribution in [-0.2, 0) is 0 Å². The molecule has 2 rings (SSSR count). The molecular formula is C15H17ClFNS. The summed E-state index contributed by atoms with van der Waals surface area (Å²) in [5, 5.41) is 3.67. The second kappa shape index (κ2) is 6.04. The van der Waals surface area contributed by atoms with Crippen LogP contribution in [0, 0.1) is 12.7 Å². The van der Waals surface area contributed by atoms with E-state index in [4.69, 9.17) is 11.6 Å². The standard InChI is InChI=1S/C15H17ClFNS/c1-9-4-7-15(19-9)11(3)18-10(2)12-5-6-14(17)13(16)8-12/h4-8,10-11,18H,1-3H3. The van der Waals surface area contributed by atoms with Crippen molar-refractivity contribution in [1.29, 1.82) is 0 Å². The molecule has 0 amide bonds. The maximum Gasteiger partial charge on any atom is 0.141 e. The number of halogens is 2. The Morgan fingerprint density at radius 2 is 1.89 bits per heavy atom. The van der Waals surface area contributed by atoms with Crippen molar-refractivity contribution in [2.45, 2.75) is 32.9 Å². The second-order valence-corrected chi connectivity index (χ2v) is 6.46. The SMILES string of the molecule is Cc1ccc(C(C)NC(C)c2ccc(F)c(Cl)c2)s1. The molecule has 0 bridgehead atoms. The number of nitrogens with one attached hydrogen (secondary N) is 1. The summed E-state index contributed by atoms with van der Waals surface area (Å²) in [5.74, 6) is -0.375. The molecule has 1 aromatic carbocycles. The Balaban J connectivity index is 2.07. The Morgan fingerprint density at radius 1 is 1.16 bits per heavy atom. The summed E-state index contributed by atoms with van der Waals surface area (Å²) in [6.07, 6.45) is 0. The number of rotatable bonds is 4. The minimum Gasteiger partial charge on any atom is -0.303 e. The molecule has 2 atom stereocenters. The first-order valence-corrected chi connectivity index (χ1v) is 7.44. The molecule has 1 N–H and O–H groups in total. The summed E-state index contributed by atoms with van der Waals surface area (Å²) < 4.78 is 13.1. The molecule has 2 aromatic rings. The van der Waals surface area contributed by atoms with Gasteiger partial charge in [-0.25, -0.2) is 4.39 Å². The third kappa shape index (κ3) is 3.56. The smallest absolute Gasteiger partial charge is 0.141 e. The van der Waals surface area contributed by atoms with Gasteiger partial charge in [0, 0.05) is 21.8 Å². The van der Waals surface area contributed by atoms with Gasteiger partial charge in [-0.2, -0.15) is 0 Å². The van der Waals surface area contributed by atoms with E-state index >= 15 is 0 Å². The van der Waals surface area contributed by atoms with Crippen molar-refractivity contribution in [2.75, 3.05) is 0 Å². The van der Waals surface area contributed by atoms with Crippen molar-refractivity contribution in [2.24, 2.45) is 0 Å². The van der Waals surface area contributed by atoms with Crippen LogP contribution in [0.4, 0.5) is 4.39 Å². The van der Waals surface area contributed by atoms with Crippen LogP contribution in [0.15, 0.2) is 30.3 Å². The predicted molar refractivity (Wildman–Crippen MR) is 80.4 cm³/mol. The lowest BCUT2D eigenvalue weighted by Gasteiger charge is -2.19. The molecule has 102 valence electrons. The lowest BCUT2D eigenvalue weighted by atomic mass is 10.1. The quantitative estimate of drug-likeness (QED) is 0.811. The van der Waals surface area contributed by atoms with Crippen LogP contribution in [0.2, 0.25) is 5.02 Å². The summed E-state index contributed by atoms with van der Waals surface area (Å²) in [7, 11) is 0. The van der Waals surface area contributed by atoms with E-state index in [1.807, 2.05) is 0 Å². The zero-order valence-electron chi connectivity index (χ0n) is 11.2. The van der Waals surface area contributed by atoms with Gasteiger partial charge in [0.1, 0.15) is 5.82 Å². The van der Waals surface area contributed by atoms with Crippen molar-refractivity contribution in [3.63, 3.8) is 0 Å². The van der Waals surface area contributed by atoms with Crippen molar-refractivity contribution in [1.82, 2.24) is 5.32 Å². The van der Waals surface area contributed by atoms with E-state index in [0.29, 0.717) is 0 Å². The van der Waals surface area contributed by atoms with Crippen LogP contribution >= 0.6 is 22.9 Å². The van der Waals surface area contributed by atoms with E-state index in [-0.39, 0.29) is 22.9 Å². The average Bonchev–Trinajstić information content (AvgIpc) is 2.79. The fourth-order valence-corrected chi connectivity index (χ4v) is 3.10. The fraction of sp³-hybridized carbons (Fsp3) is 0.333. The molecule has 4 heteroatoms. The van der Waals surface area contributed by atoms with E-state index in [1.165, 1.54) is 15.8 Å². The highest BCUT2D eigenvalue weighted by molar-refractivity contribution is 7.12. The van der Waals surface area contributed by atoms with Crippen molar-refractivity contribution >= 4 is 22.9 Å². The Labute approximate surface area is 122 Å². The van der Waals surface area contributed by atoms with Crippen molar-refractivity contribution < 1.29 is 4.39 Å². The van der Waals surface area contributed by atoms with Gasteiger partial charge in [0.15, 0.2) is 0 Å². The molecule has 2 unspecified atom stereocenters. The van der Waals surface area contributed by atoms with Crippen LogP contribution in [0.1, 0.15) is 41.2 Å². The van der Waals surface area contributed by atoms with Crippen LogP contribution in [-0.4, -0.2) is 0 Å². The summed E-state index contributed by atoms with van der Waals surface area (Å²) in [4.78, 5) is 2.61. The van der Waals surface area contributed by atoms with Crippen molar-refractivity contribution in [3.05, 3.63) is 56.5 Å². The monoisotopic (exact) mass is 297 g/mol. The molecule has 1 nitrogen and oxygen atoms in total. The highest BCUT2D eigenvalue weighted by Crippen LogP contribution is 2.26. The first kappa shape index (κ1) is 14.5. The number of aryl methyl sites for hydroxylation is 1. The van der Waals surface area contributed by atoms with Crippen LogP contribution < -0.4 is 5.32 Å². The Bertz CT molecular complexity index is 567. The van der Waals surface area contributed by atoms with Gasteiger partial charge in [0.05, 0.1) is 5.02 Å². The van der Waals surface area contributed by atoms with Gasteiger partial charge in [-0.3, -0.25) is 0 Å². The minimum absolute atomic E-state index is 0.121. The second-order valence-electron chi connectivity index (χ2n) is 4.73. The molecule has 0 spiro atoms. The summed E-state index contributed by atoms with van der Waals surface area (Å²) in [6.45, 7) is 6.29. The van der Waals surface area contributed by atoms with E-state index in [0.717, 1.165) is 5.56 Å². The lowest BCUT2D eigenvalue weighted by molar-refractivity contribution is 0.499. The van der Waals surface area contributed by atoms with Crippen LogP contribution in [0.3, 0.4) is 0 Å². The van der Waals surface area contributed by atoms with E-state index < -0.39 is 0 Å². The molecule has 19 heavy (non-hydrogen) atoms. The van der Waals surface area contributed by atoms with Crippen molar-refractivity contribution in [3.8, 4) is 0 Å². The molecule has 0 aliphatic rings. The summed E-state index contributed by atoms with van der Waals surface area (Å²) in [6, 6.07) is 9.51. The van der Waals surface area contributed by atoms with E-state index in [9.17, 15) is 4.39 Å². The first-order chi connectivity index (χ1) is 8.97. The lowest BCUT2D eigenvalue weighted by Crippen LogP contribution is -2.21. The number of benzene rings is 1. The molecule has 0 aliphatic carbocycles. The van der Waals surface area contributed by atoms with Gasteiger partial charge in [0.25, 0.3) is 0 Å². The summed E-state index contributed by atoms with van der Waals surface area (Å²) >= 11 is 7.60. The Hall–Kier alpha value is -0.900. The molecule has 0 saturated heterocycles. The van der Waals surface area contributed by atoms with Gasteiger partial charge in [-0.1, -0.05) is 17.7 Å². The Morgan fingerprint density at radius 3 is 2.47 bits per heavy atom. The fourth-order valence-electron chi connectivity index (χ4n) is 2.02. The zero-order valence-corrected chi connectivity index (χ0v) is 12.8. The normalized spacial score (nSPS) is 14.4. The number of hydrogen-bond acceptors (Lipinski definition) is 2. The van der Waals surface area contributed by atoms with Gasteiger partial charge in [-0.15, -0.1) is 11.3 Å². The molecule has 0 radical (unpaired) electrons. The van der Waals surface area contributed by atoms with Gasteiger partial charge >= 0.3 is 0 Å². The zero-order chi connectivity index (χ0) is 14.0. The number of thiophene rings is 1. The molecule has 0 aliphatic heterocycles. The van der Waals surface area contributed by atoms with Crippen LogP contribution in [0.25, 0.3) is 0 Å². The molecule has 0 saturated carbocycles. The van der Waals surface area contributed by atoms with E-state index in [1.54, 1.807) is 23.5 Å². The number of hydrogen-bond donors (Lipinski definition) is 1. The topological polar surface area (TPSA) is 12.0 Å². The molecule has 0 fully saturated rings. The maximum atomic E-state index is 13.1. The highest BCUT2D eigenvalue weighted by atomic mass is 35.5.